The molecular formula is C12H23N3O2. The highest BCUT2D eigenvalue weighted by Gasteiger charge is 2.28. The van der Waals surface area contributed by atoms with Crippen molar-refractivity contribution in [1.29, 1.82) is 0 Å². The maximum absolute atomic E-state index is 11.9. The number of likely N-dealkylation sites (N-methyl/N-ethyl adjacent to an activating group) is 1. The van der Waals surface area contributed by atoms with E-state index < -0.39 is 0 Å². The van der Waals surface area contributed by atoms with E-state index in [1.165, 1.54) is 0 Å². The second-order valence-corrected chi connectivity index (χ2v) is 5.10. The summed E-state index contributed by atoms with van der Waals surface area (Å²) in [6.07, 6.45) is 2.47. The molecule has 0 aromatic carbocycles. The number of morpholine rings is 1. The molecule has 2 fully saturated rings. The number of hydrogen-bond donors (Lipinski definition) is 2. The van der Waals surface area contributed by atoms with Gasteiger partial charge in [0.2, 0.25) is 5.91 Å². The highest BCUT2D eigenvalue weighted by molar-refractivity contribution is 5.81. The number of ether oxygens (including phenoxy) is 1. The molecule has 1 heterocycles. The second kappa shape index (κ2) is 5.80. The minimum Gasteiger partial charge on any atom is -0.374 e. The van der Waals surface area contributed by atoms with Crippen LogP contribution >= 0.6 is 0 Å². The lowest BCUT2D eigenvalue weighted by Crippen LogP contribution is -2.50. The zero-order valence-corrected chi connectivity index (χ0v) is 10.7. The quantitative estimate of drug-likeness (QED) is 0.686. The first-order chi connectivity index (χ1) is 8.16. The van der Waals surface area contributed by atoms with Gasteiger partial charge in [-0.25, -0.2) is 0 Å². The third-order valence-corrected chi connectivity index (χ3v) is 3.46. The molecule has 1 aliphatic heterocycles. The standard InChI is InChI=1S/C12H23N3O2/c1-9(12(16)14-10-3-4-10)15(2)8-11-7-13-5-6-17-11/h9-11,13H,3-8H2,1-2H3,(H,14,16). The number of hydrogen-bond acceptors (Lipinski definition) is 4. The van der Waals surface area contributed by atoms with Crippen molar-refractivity contribution in [1.82, 2.24) is 15.5 Å². The van der Waals surface area contributed by atoms with Gasteiger partial charge in [0.25, 0.3) is 0 Å². The van der Waals surface area contributed by atoms with Gasteiger partial charge in [-0.3, -0.25) is 9.69 Å². The summed E-state index contributed by atoms with van der Waals surface area (Å²) < 4.78 is 5.64. The van der Waals surface area contributed by atoms with Gasteiger partial charge in [-0.05, 0) is 26.8 Å². The zero-order chi connectivity index (χ0) is 12.3. The Morgan fingerprint density at radius 1 is 1.59 bits per heavy atom. The molecule has 2 aliphatic rings. The van der Waals surface area contributed by atoms with Crippen LogP contribution in [0.2, 0.25) is 0 Å². The Kier molecular flexibility index (Phi) is 4.36. The lowest BCUT2D eigenvalue weighted by molar-refractivity contribution is -0.126. The molecule has 1 amide bonds. The van der Waals surface area contributed by atoms with E-state index in [9.17, 15) is 4.79 Å². The van der Waals surface area contributed by atoms with E-state index in [0.717, 1.165) is 39.1 Å². The van der Waals surface area contributed by atoms with Crippen LogP contribution in [0, 0.1) is 0 Å². The van der Waals surface area contributed by atoms with Gasteiger partial charge in [0.05, 0.1) is 18.8 Å². The predicted molar refractivity (Wildman–Crippen MR) is 65.9 cm³/mol. The third-order valence-electron chi connectivity index (χ3n) is 3.46. The Morgan fingerprint density at radius 2 is 2.35 bits per heavy atom. The Labute approximate surface area is 103 Å². The molecule has 0 bridgehead atoms. The Morgan fingerprint density at radius 3 is 2.94 bits per heavy atom. The van der Waals surface area contributed by atoms with Gasteiger partial charge >= 0.3 is 0 Å². The smallest absolute Gasteiger partial charge is 0.237 e. The van der Waals surface area contributed by atoms with Gasteiger partial charge < -0.3 is 15.4 Å². The fourth-order valence-corrected chi connectivity index (χ4v) is 1.97. The summed E-state index contributed by atoms with van der Waals surface area (Å²) in [4.78, 5) is 13.9. The molecular weight excluding hydrogens is 218 g/mol. The molecule has 2 N–H and O–H groups in total. The molecule has 1 saturated carbocycles. The summed E-state index contributed by atoms with van der Waals surface area (Å²) in [5, 5.41) is 6.33. The van der Waals surface area contributed by atoms with Crippen molar-refractivity contribution in [3.05, 3.63) is 0 Å². The fourth-order valence-electron chi connectivity index (χ4n) is 1.97. The summed E-state index contributed by atoms with van der Waals surface area (Å²) in [7, 11) is 1.98. The van der Waals surface area contributed by atoms with E-state index in [-0.39, 0.29) is 18.1 Å². The molecule has 2 unspecified atom stereocenters. The number of carbonyl (C=O) groups is 1. The first-order valence-corrected chi connectivity index (χ1v) is 6.49. The Bertz CT molecular complexity index is 262. The van der Waals surface area contributed by atoms with E-state index in [1.54, 1.807) is 0 Å². The van der Waals surface area contributed by atoms with Gasteiger partial charge in [-0.15, -0.1) is 0 Å². The van der Waals surface area contributed by atoms with Crippen LogP contribution in [0.4, 0.5) is 0 Å². The molecule has 0 aromatic rings. The van der Waals surface area contributed by atoms with E-state index in [0.29, 0.717) is 6.04 Å². The lowest BCUT2D eigenvalue weighted by Gasteiger charge is -2.30. The first-order valence-electron chi connectivity index (χ1n) is 6.49. The van der Waals surface area contributed by atoms with Crippen LogP contribution in [0.5, 0.6) is 0 Å². The molecule has 5 nitrogen and oxygen atoms in total. The largest absolute Gasteiger partial charge is 0.374 e. The molecule has 2 atom stereocenters. The molecule has 0 radical (unpaired) electrons. The van der Waals surface area contributed by atoms with Crippen molar-refractivity contribution in [3.8, 4) is 0 Å². The molecule has 0 spiro atoms. The summed E-state index contributed by atoms with van der Waals surface area (Å²) >= 11 is 0. The minimum absolute atomic E-state index is 0.0823. The van der Waals surface area contributed by atoms with Crippen LogP contribution in [-0.4, -0.2) is 62.3 Å². The summed E-state index contributed by atoms with van der Waals surface area (Å²) in [5.74, 6) is 0.138. The van der Waals surface area contributed by atoms with Crippen molar-refractivity contribution >= 4 is 5.91 Å². The maximum atomic E-state index is 11.9. The zero-order valence-electron chi connectivity index (χ0n) is 10.7. The molecule has 17 heavy (non-hydrogen) atoms. The summed E-state index contributed by atoms with van der Waals surface area (Å²) in [6, 6.07) is 0.354. The number of nitrogens with one attached hydrogen (secondary N) is 2. The molecule has 2 rings (SSSR count). The van der Waals surface area contributed by atoms with E-state index >= 15 is 0 Å². The summed E-state index contributed by atoms with van der Waals surface area (Å²) in [6.45, 7) is 5.32. The highest BCUT2D eigenvalue weighted by atomic mass is 16.5. The number of rotatable bonds is 5. The molecule has 1 aliphatic carbocycles. The van der Waals surface area contributed by atoms with Gasteiger partial charge in [-0.2, -0.15) is 0 Å². The monoisotopic (exact) mass is 241 g/mol. The van der Waals surface area contributed by atoms with Crippen molar-refractivity contribution in [2.75, 3.05) is 33.3 Å². The minimum atomic E-state index is -0.0823. The summed E-state index contributed by atoms with van der Waals surface area (Å²) in [5.41, 5.74) is 0. The fraction of sp³-hybridized carbons (Fsp3) is 0.917. The number of carbonyl (C=O) groups excluding carboxylic acids is 1. The Hall–Kier alpha value is -0.650. The van der Waals surface area contributed by atoms with Crippen molar-refractivity contribution < 1.29 is 9.53 Å². The lowest BCUT2D eigenvalue weighted by atomic mass is 10.2. The molecule has 0 aromatic heterocycles. The van der Waals surface area contributed by atoms with E-state index in [1.807, 2.05) is 14.0 Å². The predicted octanol–water partition coefficient (Wildman–Crippen LogP) is -0.426. The third kappa shape index (κ3) is 3.94. The second-order valence-electron chi connectivity index (χ2n) is 5.10. The van der Waals surface area contributed by atoms with Crippen molar-refractivity contribution in [2.24, 2.45) is 0 Å². The average Bonchev–Trinajstić information content (AvgIpc) is 3.13. The van der Waals surface area contributed by atoms with Crippen LogP contribution < -0.4 is 10.6 Å². The van der Waals surface area contributed by atoms with Gasteiger partial charge in [-0.1, -0.05) is 0 Å². The maximum Gasteiger partial charge on any atom is 0.237 e. The van der Waals surface area contributed by atoms with Gasteiger partial charge in [0.15, 0.2) is 0 Å². The SMILES string of the molecule is CC(C(=O)NC1CC1)N(C)CC1CNCCO1. The highest BCUT2D eigenvalue weighted by Crippen LogP contribution is 2.19. The van der Waals surface area contributed by atoms with Crippen LogP contribution in [0.3, 0.4) is 0 Å². The van der Waals surface area contributed by atoms with Crippen LogP contribution in [0.25, 0.3) is 0 Å². The normalized spacial score (nSPS) is 26.9. The van der Waals surface area contributed by atoms with Crippen LogP contribution in [-0.2, 0) is 9.53 Å². The van der Waals surface area contributed by atoms with Crippen LogP contribution in [0.1, 0.15) is 19.8 Å². The average molecular weight is 241 g/mol. The van der Waals surface area contributed by atoms with E-state index in [4.69, 9.17) is 4.74 Å². The first kappa shape index (κ1) is 12.8. The van der Waals surface area contributed by atoms with E-state index in [2.05, 4.69) is 15.5 Å². The number of amides is 1. The van der Waals surface area contributed by atoms with Crippen molar-refractivity contribution in [2.45, 2.75) is 38.0 Å². The topological polar surface area (TPSA) is 53.6 Å². The van der Waals surface area contributed by atoms with Crippen molar-refractivity contribution in [3.63, 3.8) is 0 Å². The van der Waals surface area contributed by atoms with Gasteiger partial charge in [0, 0.05) is 25.7 Å². The van der Waals surface area contributed by atoms with Crippen LogP contribution in [0.15, 0.2) is 0 Å². The molecule has 1 saturated heterocycles. The number of nitrogens with zero attached hydrogens (tertiary/aromatic N) is 1. The van der Waals surface area contributed by atoms with Gasteiger partial charge in [0.1, 0.15) is 0 Å². The Balaban J connectivity index is 1.72. The molecule has 98 valence electrons. The molecule has 5 heteroatoms.